The summed E-state index contributed by atoms with van der Waals surface area (Å²) in [6, 6.07) is 6.30. The fourth-order valence-corrected chi connectivity index (χ4v) is 6.34. The predicted octanol–water partition coefficient (Wildman–Crippen LogP) is 4.79. The monoisotopic (exact) mass is 395 g/mol. The summed E-state index contributed by atoms with van der Waals surface area (Å²) in [4.78, 5) is 24.2. The van der Waals surface area contributed by atoms with E-state index in [1.165, 1.54) is 39.8 Å². The minimum absolute atomic E-state index is 0.0246. The van der Waals surface area contributed by atoms with Gasteiger partial charge in [0.15, 0.2) is 0 Å². The van der Waals surface area contributed by atoms with Crippen LogP contribution in [-0.2, 0) is 30.5 Å². The van der Waals surface area contributed by atoms with Crippen molar-refractivity contribution in [1.29, 1.82) is 0 Å². The van der Waals surface area contributed by atoms with Crippen LogP contribution in [0, 0.1) is 0 Å². The molecule has 2 aliphatic rings. The molecule has 0 saturated carbocycles. The van der Waals surface area contributed by atoms with Crippen molar-refractivity contribution in [3.63, 3.8) is 0 Å². The zero-order valence-electron chi connectivity index (χ0n) is 15.2. The Bertz CT molecular complexity index is 1040. The highest BCUT2D eigenvalue weighted by Gasteiger charge is 2.24. The highest BCUT2D eigenvalue weighted by atomic mass is 32.2. The van der Waals surface area contributed by atoms with Crippen LogP contribution in [0.25, 0.3) is 10.2 Å². The SMILES string of the molecule is C[C@@H](Sc1ncnc2sc3c(c12)CCC3)C(=O)Nc1ccc2c(c1)CCC2. The summed E-state index contributed by atoms with van der Waals surface area (Å²) in [6.45, 7) is 1.95. The third-order valence-corrected chi connectivity index (χ3v) is 7.79. The average molecular weight is 396 g/mol. The van der Waals surface area contributed by atoms with Crippen molar-refractivity contribution in [3.8, 4) is 0 Å². The van der Waals surface area contributed by atoms with Gasteiger partial charge in [-0.3, -0.25) is 4.79 Å². The van der Waals surface area contributed by atoms with Gasteiger partial charge < -0.3 is 5.32 Å². The van der Waals surface area contributed by atoms with E-state index in [0.717, 1.165) is 41.2 Å². The average Bonchev–Trinajstić information content (AvgIpc) is 3.36. The topological polar surface area (TPSA) is 54.9 Å². The maximum Gasteiger partial charge on any atom is 0.237 e. The number of carbonyl (C=O) groups excluding carboxylic acids is 1. The molecule has 1 aromatic carbocycles. The summed E-state index contributed by atoms with van der Waals surface area (Å²) in [5.41, 5.74) is 5.10. The molecule has 1 atom stereocenters. The summed E-state index contributed by atoms with van der Waals surface area (Å²) in [5.74, 6) is 0.0246. The quantitative estimate of drug-likeness (QED) is 0.510. The molecule has 4 nitrogen and oxygen atoms in total. The highest BCUT2D eigenvalue weighted by molar-refractivity contribution is 8.00. The lowest BCUT2D eigenvalue weighted by molar-refractivity contribution is -0.115. The van der Waals surface area contributed by atoms with Crippen molar-refractivity contribution in [2.45, 2.75) is 55.7 Å². The normalized spacial score (nSPS) is 16.3. The van der Waals surface area contributed by atoms with Crippen molar-refractivity contribution in [3.05, 3.63) is 46.1 Å². The molecule has 0 unspecified atom stereocenters. The Morgan fingerprint density at radius 2 is 2.00 bits per heavy atom. The number of rotatable bonds is 4. The minimum atomic E-state index is -0.215. The zero-order valence-corrected chi connectivity index (χ0v) is 16.9. The van der Waals surface area contributed by atoms with Crippen LogP contribution >= 0.6 is 23.1 Å². The predicted molar refractivity (Wildman–Crippen MR) is 112 cm³/mol. The number of thiophene rings is 1. The lowest BCUT2D eigenvalue weighted by Crippen LogP contribution is -2.22. The molecule has 3 aromatic rings. The summed E-state index contributed by atoms with van der Waals surface area (Å²) < 4.78 is 0. The molecule has 2 aliphatic carbocycles. The van der Waals surface area contributed by atoms with Crippen molar-refractivity contribution in [1.82, 2.24) is 9.97 Å². The van der Waals surface area contributed by atoms with Crippen LogP contribution in [0.1, 0.15) is 41.3 Å². The molecule has 138 valence electrons. The molecule has 27 heavy (non-hydrogen) atoms. The van der Waals surface area contributed by atoms with Crippen molar-refractivity contribution >= 4 is 44.9 Å². The lowest BCUT2D eigenvalue weighted by Gasteiger charge is -2.13. The molecule has 5 rings (SSSR count). The first-order chi connectivity index (χ1) is 13.2. The van der Waals surface area contributed by atoms with E-state index >= 15 is 0 Å². The number of amides is 1. The number of nitrogens with zero attached hydrogens (tertiary/aromatic N) is 2. The maximum atomic E-state index is 12.8. The third kappa shape index (κ3) is 3.15. The second-order valence-corrected chi connectivity index (χ2v) is 9.72. The molecule has 0 aliphatic heterocycles. The minimum Gasteiger partial charge on any atom is -0.325 e. The van der Waals surface area contributed by atoms with Crippen LogP contribution in [0.2, 0.25) is 0 Å². The van der Waals surface area contributed by atoms with E-state index in [2.05, 4.69) is 27.4 Å². The largest absolute Gasteiger partial charge is 0.325 e. The Morgan fingerprint density at radius 3 is 2.93 bits per heavy atom. The van der Waals surface area contributed by atoms with Gasteiger partial charge in [0.25, 0.3) is 0 Å². The van der Waals surface area contributed by atoms with Gasteiger partial charge in [0, 0.05) is 16.0 Å². The fourth-order valence-electron chi connectivity index (χ4n) is 4.10. The number of aromatic nitrogens is 2. The van der Waals surface area contributed by atoms with Crippen molar-refractivity contribution < 1.29 is 4.79 Å². The van der Waals surface area contributed by atoms with E-state index in [-0.39, 0.29) is 11.2 Å². The number of thioether (sulfide) groups is 1. The van der Waals surface area contributed by atoms with Gasteiger partial charge in [-0.2, -0.15) is 0 Å². The van der Waals surface area contributed by atoms with Gasteiger partial charge in [-0.1, -0.05) is 17.8 Å². The van der Waals surface area contributed by atoms with Crippen molar-refractivity contribution in [2.75, 3.05) is 5.32 Å². The van der Waals surface area contributed by atoms with Crippen LogP contribution in [-0.4, -0.2) is 21.1 Å². The molecule has 0 radical (unpaired) electrons. The second kappa shape index (κ2) is 6.91. The van der Waals surface area contributed by atoms with Crippen LogP contribution in [0.15, 0.2) is 29.6 Å². The van der Waals surface area contributed by atoms with Gasteiger partial charge >= 0.3 is 0 Å². The van der Waals surface area contributed by atoms with E-state index in [4.69, 9.17) is 0 Å². The first kappa shape index (κ1) is 17.2. The van der Waals surface area contributed by atoms with Crippen LogP contribution in [0.4, 0.5) is 5.69 Å². The summed E-state index contributed by atoms with van der Waals surface area (Å²) in [7, 11) is 0. The van der Waals surface area contributed by atoms with Gasteiger partial charge in [0.2, 0.25) is 5.91 Å². The lowest BCUT2D eigenvalue weighted by atomic mass is 10.1. The number of aryl methyl sites for hydroxylation is 4. The van der Waals surface area contributed by atoms with Crippen LogP contribution < -0.4 is 5.32 Å². The summed E-state index contributed by atoms with van der Waals surface area (Å²) >= 11 is 3.33. The molecule has 0 fully saturated rings. The Labute approximate surface area is 166 Å². The Hall–Kier alpha value is -1.92. The van der Waals surface area contributed by atoms with Gasteiger partial charge in [-0.05, 0) is 74.3 Å². The van der Waals surface area contributed by atoms with Gasteiger partial charge in [0.05, 0.1) is 5.25 Å². The van der Waals surface area contributed by atoms with E-state index in [9.17, 15) is 4.79 Å². The van der Waals surface area contributed by atoms with Gasteiger partial charge in [0.1, 0.15) is 16.2 Å². The van der Waals surface area contributed by atoms with Gasteiger partial charge in [-0.25, -0.2) is 9.97 Å². The van der Waals surface area contributed by atoms with E-state index in [1.807, 2.05) is 13.0 Å². The number of hydrogen-bond acceptors (Lipinski definition) is 5. The molecule has 2 heterocycles. The second-order valence-electron chi connectivity index (χ2n) is 7.30. The molecule has 2 aromatic heterocycles. The first-order valence-corrected chi connectivity index (χ1v) is 11.2. The smallest absolute Gasteiger partial charge is 0.237 e. The molecule has 1 N–H and O–H groups in total. The molecule has 0 saturated heterocycles. The van der Waals surface area contributed by atoms with Gasteiger partial charge in [-0.15, -0.1) is 11.3 Å². The number of anilines is 1. The molecule has 0 spiro atoms. The number of benzene rings is 1. The molecular formula is C21H21N3OS2. The number of hydrogen-bond donors (Lipinski definition) is 1. The number of fused-ring (bicyclic) bond motifs is 4. The van der Waals surface area contributed by atoms with Crippen LogP contribution in [0.3, 0.4) is 0 Å². The van der Waals surface area contributed by atoms with E-state index < -0.39 is 0 Å². The van der Waals surface area contributed by atoms with Crippen LogP contribution in [0.5, 0.6) is 0 Å². The molecular weight excluding hydrogens is 374 g/mol. The maximum absolute atomic E-state index is 12.8. The Morgan fingerprint density at radius 1 is 1.15 bits per heavy atom. The highest BCUT2D eigenvalue weighted by Crippen LogP contribution is 2.41. The Kier molecular flexibility index (Phi) is 4.40. The molecule has 1 amide bonds. The molecule has 0 bridgehead atoms. The number of nitrogens with one attached hydrogen (secondary N) is 1. The summed E-state index contributed by atoms with van der Waals surface area (Å²) in [5, 5.41) is 4.99. The summed E-state index contributed by atoms with van der Waals surface area (Å²) in [6.07, 6.45) is 8.58. The van der Waals surface area contributed by atoms with E-state index in [1.54, 1.807) is 29.4 Å². The van der Waals surface area contributed by atoms with Crippen molar-refractivity contribution in [2.24, 2.45) is 0 Å². The fraction of sp³-hybridized carbons (Fsp3) is 0.381. The zero-order chi connectivity index (χ0) is 18.4. The standard InChI is InChI=1S/C21H21N3OS2/c1-12(19(25)24-15-9-8-13-4-2-5-14(13)10-15)26-20-18-16-6-3-7-17(16)27-21(18)23-11-22-20/h8-12H,2-7H2,1H3,(H,24,25)/t12-/m1/s1. The third-order valence-electron chi connectivity index (χ3n) is 5.49. The first-order valence-electron chi connectivity index (χ1n) is 9.53. The molecule has 6 heteroatoms. The number of carbonyl (C=O) groups is 1. The van der Waals surface area contributed by atoms with E-state index in [0.29, 0.717) is 0 Å². The Balaban J connectivity index is 1.35.